The number of imide groups is 1. The van der Waals surface area contributed by atoms with E-state index >= 15 is 0 Å². The van der Waals surface area contributed by atoms with Crippen molar-refractivity contribution in [3.63, 3.8) is 0 Å². The number of primary amides is 1. The number of urea groups is 1. The smallest absolute Gasteiger partial charge is 0.318 e. The molecule has 1 unspecified atom stereocenters. The third-order valence-corrected chi connectivity index (χ3v) is 3.35. The van der Waals surface area contributed by atoms with Crippen molar-refractivity contribution in [1.29, 1.82) is 0 Å². The van der Waals surface area contributed by atoms with Crippen molar-refractivity contribution in [2.45, 2.75) is 23.9 Å². The highest BCUT2D eigenvalue weighted by atomic mass is 32.2. The van der Waals surface area contributed by atoms with Crippen molar-refractivity contribution < 1.29 is 14.0 Å². The van der Waals surface area contributed by atoms with Gasteiger partial charge in [0.2, 0.25) is 11.1 Å². The van der Waals surface area contributed by atoms with Crippen LogP contribution in [0.3, 0.4) is 0 Å². The van der Waals surface area contributed by atoms with Crippen molar-refractivity contribution >= 4 is 23.7 Å². The summed E-state index contributed by atoms with van der Waals surface area (Å²) in [7, 11) is 0. The minimum absolute atomic E-state index is 0.354. The lowest BCUT2D eigenvalue weighted by atomic mass is 10.4. The Morgan fingerprint density at radius 3 is 3.05 bits per heavy atom. The van der Waals surface area contributed by atoms with Crippen LogP contribution in [0.2, 0.25) is 0 Å². The lowest BCUT2D eigenvalue weighted by molar-refractivity contribution is -0.119. The molecular weight excluding hydrogens is 284 g/mol. The fourth-order valence-electron chi connectivity index (χ4n) is 1.36. The van der Waals surface area contributed by atoms with Gasteiger partial charge in [-0.2, -0.15) is 0 Å². The molecule has 0 aliphatic heterocycles. The third-order valence-electron chi connectivity index (χ3n) is 2.28. The topological polar surface area (TPSA) is 129 Å². The van der Waals surface area contributed by atoms with E-state index in [1.165, 1.54) is 4.68 Å². The molecule has 20 heavy (non-hydrogen) atoms. The Morgan fingerprint density at radius 2 is 2.40 bits per heavy atom. The molecule has 0 saturated heterocycles. The van der Waals surface area contributed by atoms with Crippen LogP contribution in [0.25, 0.3) is 0 Å². The maximum Gasteiger partial charge on any atom is 0.318 e. The summed E-state index contributed by atoms with van der Waals surface area (Å²) < 4.78 is 6.70. The standard InChI is InChI=1S/C10H12N6O3S/c1-6(8(17)12-9(11)18)20-10-13-14-15-16(10)5-7-3-2-4-19-7/h2-4,6H,5H2,1H3,(H3,11,12,17,18). The maximum absolute atomic E-state index is 11.6. The zero-order valence-corrected chi connectivity index (χ0v) is 11.3. The molecule has 0 aromatic carbocycles. The number of hydrogen-bond donors (Lipinski definition) is 2. The number of tetrazole rings is 1. The number of nitrogens with zero attached hydrogens (tertiary/aromatic N) is 4. The molecule has 1 atom stereocenters. The minimum Gasteiger partial charge on any atom is -0.467 e. The van der Waals surface area contributed by atoms with Gasteiger partial charge in [-0.3, -0.25) is 10.1 Å². The molecule has 106 valence electrons. The van der Waals surface area contributed by atoms with Crippen LogP contribution in [0, 0.1) is 0 Å². The number of nitrogens with two attached hydrogens (primary N) is 1. The predicted molar refractivity (Wildman–Crippen MR) is 68.7 cm³/mol. The van der Waals surface area contributed by atoms with E-state index in [4.69, 9.17) is 10.2 Å². The van der Waals surface area contributed by atoms with Crippen molar-refractivity contribution in [1.82, 2.24) is 25.5 Å². The highest BCUT2D eigenvalue weighted by Gasteiger charge is 2.19. The summed E-state index contributed by atoms with van der Waals surface area (Å²) >= 11 is 1.11. The van der Waals surface area contributed by atoms with Crippen LogP contribution in [0.5, 0.6) is 0 Å². The van der Waals surface area contributed by atoms with Gasteiger partial charge < -0.3 is 10.2 Å². The van der Waals surface area contributed by atoms with Gasteiger partial charge in [0.25, 0.3) is 0 Å². The molecule has 2 heterocycles. The van der Waals surface area contributed by atoms with Crippen molar-refractivity contribution in [3.8, 4) is 0 Å². The number of rotatable bonds is 5. The zero-order valence-electron chi connectivity index (χ0n) is 10.5. The number of carbonyl (C=O) groups is 2. The third kappa shape index (κ3) is 3.57. The fraction of sp³-hybridized carbons (Fsp3) is 0.300. The normalized spacial score (nSPS) is 12.1. The molecule has 2 aromatic heterocycles. The van der Waals surface area contributed by atoms with E-state index in [-0.39, 0.29) is 0 Å². The van der Waals surface area contributed by atoms with Gasteiger partial charge in [0.05, 0.1) is 11.5 Å². The Labute approximate surface area is 117 Å². The van der Waals surface area contributed by atoms with Crippen LogP contribution < -0.4 is 11.1 Å². The van der Waals surface area contributed by atoms with Crippen LogP contribution in [-0.2, 0) is 11.3 Å². The van der Waals surface area contributed by atoms with E-state index in [1.807, 2.05) is 5.32 Å². The molecule has 10 heteroatoms. The SMILES string of the molecule is CC(Sc1nnnn1Cc1ccco1)C(=O)NC(N)=O. The molecule has 0 radical (unpaired) electrons. The molecule has 0 aliphatic carbocycles. The van der Waals surface area contributed by atoms with E-state index in [2.05, 4.69) is 15.5 Å². The number of amides is 3. The number of aromatic nitrogens is 4. The summed E-state index contributed by atoms with van der Waals surface area (Å²) in [5.41, 5.74) is 4.89. The molecule has 2 rings (SSSR count). The summed E-state index contributed by atoms with van der Waals surface area (Å²) in [6.07, 6.45) is 1.55. The van der Waals surface area contributed by atoms with Gasteiger partial charge in [-0.25, -0.2) is 9.48 Å². The second kappa shape index (κ2) is 6.19. The largest absolute Gasteiger partial charge is 0.467 e. The molecule has 3 amide bonds. The number of furan rings is 1. The minimum atomic E-state index is -0.891. The van der Waals surface area contributed by atoms with Gasteiger partial charge in [-0.05, 0) is 29.5 Å². The average molecular weight is 296 g/mol. The fourth-order valence-corrected chi connectivity index (χ4v) is 2.15. The number of nitrogens with one attached hydrogen (secondary N) is 1. The Morgan fingerprint density at radius 1 is 1.60 bits per heavy atom. The first-order valence-electron chi connectivity index (χ1n) is 5.61. The van der Waals surface area contributed by atoms with Gasteiger partial charge in [-0.15, -0.1) is 5.10 Å². The summed E-state index contributed by atoms with van der Waals surface area (Å²) in [5.74, 6) is 0.184. The molecule has 3 N–H and O–H groups in total. The first-order chi connectivity index (χ1) is 9.56. The van der Waals surface area contributed by atoms with E-state index in [9.17, 15) is 9.59 Å². The van der Waals surface area contributed by atoms with E-state index in [0.29, 0.717) is 17.5 Å². The quantitative estimate of drug-likeness (QED) is 0.742. The van der Waals surface area contributed by atoms with E-state index < -0.39 is 17.2 Å². The number of carbonyl (C=O) groups excluding carboxylic acids is 2. The van der Waals surface area contributed by atoms with Gasteiger partial charge >= 0.3 is 6.03 Å². The Hall–Kier alpha value is -2.36. The van der Waals surface area contributed by atoms with Crippen LogP contribution in [0.4, 0.5) is 4.79 Å². The molecule has 0 saturated carbocycles. The van der Waals surface area contributed by atoms with Crippen molar-refractivity contribution in [2.24, 2.45) is 5.73 Å². The summed E-state index contributed by atoms with van der Waals surface area (Å²) in [6.45, 7) is 1.97. The second-order valence-electron chi connectivity index (χ2n) is 3.81. The summed E-state index contributed by atoms with van der Waals surface area (Å²) in [6, 6.07) is 2.66. The van der Waals surface area contributed by atoms with Gasteiger partial charge in [0.15, 0.2) is 0 Å². The van der Waals surface area contributed by atoms with Gasteiger partial charge in [0, 0.05) is 0 Å². The van der Waals surface area contributed by atoms with Gasteiger partial charge in [0.1, 0.15) is 12.3 Å². The van der Waals surface area contributed by atoms with E-state index in [1.54, 1.807) is 25.3 Å². The highest BCUT2D eigenvalue weighted by Crippen LogP contribution is 2.20. The van der Waals surface area contributed by atoms with Crippen molar-refractivity contribution in [2.75, 3.05) is 0 Å². The molecule has 0 bridgehead atoms. The summed E-state index contributed by atoms with van der Waals surface area (Å²) in [5, 5.41) is 13.1. The number of thioether (sulfide) groups is 1. The lowest BCUT2D eigenvalue weighted by Crippen LogP contribution is -2.39. The van der Waals surface area contributed by atoms with E-state index in [0.717, 1.165) is 11.8 Å². The average Bonchev–Trinajstić information content (AvgIpc) is 3.01. The first-order valence-corrected chi connectivity index (χ1v) is 6.49. The molecule has 2 aromatic rings. The zero-order chi connectivity index (χ0) is 14.5. The van der Waals surface area contributed by atoms with Crippen LogP contribution in [0.15, 0.2) is 28.0 Å². The molecular formula is C10H12N6O3S. The second-order valence-corrected chi connectivity index (χ2v) is 5.12. The van der Waals surface area contributed by atoms with Crippen molar-refractivity contribution in [3.05, 3.63) is 24.2 Å². The monoisotopic (exact) mass is 296 g/mol. The molecule has 9 nitrogen and oxygen atoms in total. The molecule has 0 fully saturated rings. The van der Waals surface area contributed by atoms with Gasteiger partial charge in [-0.1, -0.05) is 11.8 Å². The Bertz CT molecular complexity index is 596. The van der Waals surface area contributed by atoms with Crippen LogP contribution in [0.1, 0.15) is 12.7 Å². The number of hydrogen-bond acceptors (Lipinski definition) is 7. The van der Waals surface area contributed by atoms with Crippen LogP contribution in [-0.4, -0.2) is 37.4 Å². The molecule has 0 spiro atoms. The summed E-state index contributed by atoms with van der Waals surface area (Å²) in [4.78, 5) is 22.2. The first kappa shape index (κ1) is 14.1. The maximum atomic E-state index is 11.6. The predicted octanol–water partition coefficient (Wildman–Crippen LogP) is -0.0101. The Balaban J connectivity index is 2.01. The lowest BCUT2D eigenvalue weighted by Gasteiger charge is -2.09. The Kier molecular flexibility index (Phi) is 4.35. The highest BCUT2D eigenvalue weighted by molar-refractivity contribution is 8.00. The van der Waals surface area contributed by atoms with Crippen LogP contribution >= 0.6 is 11.8 Å². The molecule has 0 aliphatic rings.